The first-order valence-electron chi connectivity index (χ1n) is 8.32. The van der Waals surface area contributed by atoms with Crippen molar-refractivity contribution in [3.8, 4) is 0 Å². The van der Waals surface area contributed by atoms with Crippen molar-refractivity contribution >= 4 is 27.3 Å². The number of nitrogens with one attached hydrogen (secondary N) is 2. The van der Waals surface area contributed by atoms with Crippen LogP contribution in [0.1, 0.15) is 21.5 Å². The average molecular weight is 407 g/mol. The third-order valence-corrected chi connectivity index (χ3v) is 5.47. The fourth-order valence-corrected chi connectivity index (χ4v) is 3.66. The van der Waals surface area contributed by atoms with E-state index in [1.165, 1.54) is 50.4 Å². The number of rotatable bonds is 8. The number of hydrogen-bond donors (Lipinski definition) is 2. The molecule has 0 saturated heterocycles. The average Bonchev–Trinajstić information content (AvgIpc) is 2.63. The van der Waals surface area contributed by atoms with Crippen molar-refractivity contribution in [3.05, 3.63) is 63.2 Å². The van der Waals surface area contributed by atoms with Gasteiger partial charge in [0.1, 0.15) is 0 Å². The van der Waals surface area contributed by atoms with Gasteiger partial charge in [0.05, 0.1) is 27.7 Å². The Bertz CT molecular complexity index is 1000. The van der Waals surface area contributed by atoms with E-state index in [4.69, 9.17) is 4.74 Å². The Morgan fingerprint density at radius 1 is 1.21 bits per heavy atom. The summed E-state index contributed by atoms with van der Waals surface area (Å²) in [4.78, 5) is 22.6. The Kier molecular flexibility index (Phi) is 6.71. The summed E-state index contributed by atoms with van der Waals surface area (Å²) in [5.74, 6) is -0.418. The van der Waals surface area contributed by atoms with E-state index in [1.807, 2.05) is 0 Å². The van der Waals surface area contributed by atoms with E-state index in [0.717, 1.165) is 0 Å². The van der Waals surface area contributed by atoms with Gasteiger partial charge in [-0.2, -0.15) is 0 Å². The largest absolute Gasteiger partial charge is 0.383 e. The summed E-state index contributed by atoms with van der Waals surface area (Å²) in [5.41, 5.74) is 0.930. The minimum atomic E-state index is -4.05. The van der Waals surface area contributed by atoms with E-state index >= 15 is 0 Å². The number of nitrogens with zero attached hydrogens (tertiary/aromatic N) is 1. The zero-order chi connectivity index (χ0) is 20.9. The number of ether oxygens (including phenoxy) is 1. The molecule has 0 fully saturated rings. The number of aryl methyl sites for hydroxylation is 1. The second-order valence-electron chi connectivity index (χ2n) is 6.04. The third kappa shape index (κ3) is 4.84. The molecule has 1 amide bonds. The maximum Gasteiger partial charge on any atom is 0.274 e. The number of carbonyl (C=O) groups excluding carboxylic acids is 1. The minimum Gasteiger partial charge on any atom is -0.383 e. The van der Waals surface area contributed by atoms with Gasteiger partial charge in [0, 0.05) is 25.3 Å². The lowest BCUT2D eigenvalue weighted by molar-refractivity contribution is -0.385. The Morgan fingerprint density at radius 2 is 1.93 bits per heavy atom. The molecule has 150 valence electrons. The molecule has 10 heteroatoms. The van der Waals surface area contributed by atoms with Crippen LogP contribution in [0.15, 0.2) is 41.3 Å². The summed E-state index contributed by atoms with van der Waals surface area (Å²) in [5, 5.41) is 13.7. The molecule has 0 aromatic heterocycles. The van der Waals surface area contributed by atoms with Gasteiger partial charge in [-0.1, -0.05) is 12.1 Å². The van der Waals surface area contributed by atoms with Gasteiger partial charge in [0.2, 0.25) is 0 Å². The fraction of sp³-hybridized carbons (Fsp3) is 0.278. The van der Waals surface area contributed by atoms with Crippen molar-refractivity contribution in [2.75, 3.05) is 25.0 Å². The number of hydrogen-bond acceptors (Lipinski definition) is 6. The predicted octanol–water partition coefficient (Wildman–Crippen LogP) is 2.39. The lowest BCUT2D eigenvalue weighted by Crippen LogP contribution is -2.28. The van der Waals surface area contributed by atoms with E-state index in [-0.39, 0.29) is 33.9 Å². The van der Waals surface area contributed by atoms with E-state index < -0.39 is 20.9 Å². The van der Waals surface area contributed by atoms with Crippen LogP contribution < -0.4 is 10.0 Å². The van der Waals surface area contributed by atoms with Gasteiger partial charge < -0.3 is 10.1 Å². The molecule has 28 heavy (non-hydrogen) atoms. The lowest BCUT2D eigenvalue weighted by Gasteiger charge is -2.13. The monoisotopic (exact) mass is 407 g/mol. The van der Waals surface area contributed by atoms with Gasteiger partial charge >= 0.3 is 0 Å². The van der Waals surface area contributed by atoms with Crippen LogP contribution in [-0.2, 0) is 14.8 Å². The highest BCUT2D eigenvalue weighted by atomic mass is 32.2. The van der Waals surface area contributed by atoms with Gasteiger partial charge in [-0.05, 0) is 37.6 Å². The molecule has 0 bridgehead atoms. The Labute approximate surface area is 162 Å². The Morgan fingerprint density at radius 3 is 2.57 bits per heavy atom. The smallest absolute Gasteiger partial charge is 0.274 e. The molecular weight excluding hydrogens is 386 g/mol. The topological polar surface area (TPSA) is 128 Å². The standard InChI is InChI=1S/C18H21N3O6S/c1-12-7-8-14(11-15(12)18(22)19-9-10-27-3)28(25,26)20-16-5-4-6-17(13(16)2)21(23)24/h4-8,11,20H,9-10H2,1-3H3,(H,19,22). The number of nitro benzene ring substituents is 1. The third-order valence-electron chi connectivity index (χ3n) is 4.10. The first kappa shape index (κ1) is 21.3. The molecule has 0 saturated carbocycles. The normalized spacial score (nSPS) is 11.1. The van der Waals surface area contributed by atoms with Crippen LogP contribution in [0.2, 0.25) is 0 Å². The summed E-state index contributed by atoms with van der Waals surface area (Å²) in [6, 6.07) is 8.30. The van der Waals surface area contributed by atoms with Gasteiger partial charge in [0.25, 0.3) is 21.6 Å². The molecule has 2 aromatic carbocycles. The number of carbonyl (C=O) groups is 1. The fourth-order valence-electron chi connectivity index (χ4n) is 2.51. The van der Waals surface area contributed by atoms with E-state index in [1.54, 1.807) is 6.92 Å². The molecular formula is C18H21N3O6S. The van der Waals surface area contributed by atoms with Crippen molar-refractivity contribution in [2.45, 2.75) is 18.7 Å². The highest BCUT2D eigenvalue weighted by Crippen LogP contribution is 2.27. The molecule has 0 radical (unpaired) electrons. The molecule has 0 aliphatic carbocycles. The van der Waals surface area contributed by atoms with E-state index in [9.17, 15) is 23.3 Å². The van der Waals surface area contributed by atoms with Gasteiger partial charge in [-0.25, -0.2) is 8.42 Å². The second kappa shape index (κ2) is 8.81. The first-order chi connectivity index (χ1) is 13.2. The van der Waals surface area contributed by atoms with Crippen molar-refractivity contribution in [2.24, 2.45) is 0 Å². The summed E-state index contributed by atoms with van der Waals surface area (Å²) >= 11 is 0. The van der Waals surface area contributed by atoms with Gasteiger partial charge in [0.15, 0.2) is 0 Å². The number of amides is 1. The molecule has 0 aliphatic rings. The maximum atomic E-state index is 12.7. The van der Waals surface area contributed by atoms with Gasteiger partial charge in [-0.3, -0.25) is 19.6 Å². The van der Waals surface area contributed by atoms with Crippen LogP contribution in [0.25, 0.3) is 0 Å². The molecule has 2 N–H and O–H groups in total. The summed E-state index contributed by atoms with van der Waals surface area (Å²) in [6.07, 6.45) is 0. The quantitative estimate of drug-likeness (QED) is 0.393. The first-order valence-corrected chi connectivity index (χ1v) is 9.80. The van der Waals surface area contributed by atoms with Gasteiger partial charge in [-0.15, -0.1) is 0 Å². The summed E-state index contributed by atoms with van der Waals surface area (Å²) in [7, 11) is -2.55. The molecule has 0 unspecified atom stereocenters. The summed E-state index contributed by atoms with van der Waals surface area (Å²) in [6.45, 7) is 3.77. The van der Waals surface area contributed by atoms with Crippen LogP contribution in [0, 0.1) is 24.0 Å². The predicted molar refractivity (Wildman–Crippen MR) is 104 cm³/mol. The van der Waals surface area contributed by atoms with Crippen molar-refractivity contribution < 1.29 is 22.9 Å². The van der Waals surface area contributed by atoms with Crippen LogP contribution >= 0.6 is 0 Å². The zero-order valence-corrected chi connectivity index (χ0v) is 16.5. The number of sulfonamides is 1. The van der Waals surface area contributed by atoms with Crippen LogP contribution in [0.4, 0.5) is 11.4 Å². The SMILES string of the molecule is COCCNC(=O)c1cc(S(=O)(=O)Nc2cccc([N+](=O)[O-])c2C)ccc1C. The second-order valence-corrected chi connectivity index (χ2v) is 7.72. The molecule has 9 nitrogen and oxygen atoms in total. The molecule has 0 heterocycles. The molecule has 0 aliphatic heterocycles. The van der Waals surface area contributed by atoms with Crippen LogP contribution in [0.3, 0.4) is 0 Å². The lowest BCUT2D eigenvalue weighted by atomic mass is 10.1. The van der Waals surface area contributed by atoms with Crippen LogP contribution in [0.5, 0.6) is 0 Å². The Balaban J connectivity index is 2.34. The maximum absolute atomic E-state index is 12.7. The number of nitro groups is 1. The number of methoxy groups -OCH3 is 1. The highest BCUT2D eigenvalue weighted by molar-refractivity contribution is 7.92. The van der Waals surface area contributed by atoms with Crippen molar-refractivity contribution in [3.63, 3.8) is 0 Å². The zero-order valence-electron chi connectivity index (χ0n) is 15.7. The molecule has 0 spiro atoms. The molecule has 2 rings (SSSR count). The highest BCUT2D eigenvalue weighted by Gasteiger charge is 2.21. The minimum absolute atomic E-state index is 0.0980. The van der Waals surface area contributed by atoms with Crippen molar-refractivity contribution in [1.82, 2.24) is 5.32 Å². The Hall–Kier alpha value is -2.98. The molecule has 2 aromatic rings. The van der Waals surface area contributed by atoms with Crippen LogP contribution in [-0.4, -0.2) is 39.5 Å². The number of benzene rings is 2. The molecule has 0 atom stereocenters. The van der Waals surface area contributed by atoms with E-state index in [2.05, 4.69) is 10.0 Å². The van der Waals surface area contributed by atoms with E-state index in [0.29, 0.717) is 12.2 Å². The summed E-state index contributed by atoms with van der Waals surface area (Å²) < 4.78 is 32.7. The van der Waals surface area contributed by atoms with Crippen molar-refractivity contribution in [1.29, 1.82) is 0 Å². The number of anilines is 1.